The van der Waals surface area contributed by atoms with Gasteiger partial charge in [0.15, 0.2) is 5.96 Å². The Hall–Kier alpha value is -1.61. The third-order valence-corrected chi connectivity index (χ3v) is 4.93. The molecule has 1 aromatic heterocycles. The van der Waals surface area contributed by atoms with Gasteiger partial charge in [0, 0.05) is 35.8 Å². The van der Waals surface area contributed by atoms with E-state index < -0.39 is 0 Å². The van der Waals surface area contributed by atoms with E-state index in [4.69, 9.17) is 0 Å². The van der Waals surface area contributed by atoms with E-state index in [-0.39, 0.29) is 42.5 Å². The van der Waals surface area contributed by atoms with Crippen LogP contribution in [0, 0.1) is 6.92 Å². The van der Waals surface area contributed by atoms with E-state index in [9.17, 15) is 4.79 Å². The van der Waals surface area contributed by atoms with Crippen molar-refractivity contribution in [2.45, 2.75) is 32.7 Å². The summed E-state index contributed by atoms with van der Waals surface area (Å²) in [7, 11) is 1.71. The minimum atomic E-state index is -0.0367. The van der Waals surface area contributed by atoms with Crippen LogP contribution in [0.5, 0.6) is 0 Å². The van der Waals surface area contributed by atoms with E-state index in [1.807, 2.05) is 29.5 Å². The molecule has 1 aromatic carbocycles. The molecule has 2 aromatic rings. The number of amides is 1. The maximum Gasteiger partial charge on any atom is 0.239 e. The van der Waals surface area contributed by atoms with Crippen molar-refractivity contribution in [1.82, 2.24) is 16.0 Å². The zero-order chi connectivity index (χ0) is 18.8. The van der Waals surface area contributed by atoms with Gasteiger partial charge >= 0.3 is 0 Å². The lowest BCUT2D eigenvalue weighted by Crippen LogP contribution is -2.46. The minimum Gasteiger partial charge on any atom is -0.354 e. The fraction of sp³-hybridized carbons (Fsp3) is 0.400. The van der Waals surface area contributed by atoms with Crippen LogP contribution in [-0.2, 0) is 17.6 Å². The van der Waals surface area contributed by atoms with E-state index >= 15 is 0 Å². The van der Waals surface area contributed by atoms with Gasteiger partial charge in [0.25, 0.3) is 0 Å². The Balaban J connectivity index is 0.00000364. The second-order valence-electron chi connectivity index (χ2n) is 6.27. The van der Waals surface area contributed by atoms with Crippen LogP contribution < -0.4 is 16.0 Å². The molecule has 1 unspecified atom stereocenters. The van der Waals surface area contributed by atoms with Crippen molar-refractivity contribution < 1.29 is 4.79 Å². The number of thiophene rings is 1. The van der Waals surface area contributed by atoms with Crippen LogP contribution >= 0.6 is 35.3 Å². The summed E-state index contributed by atoms with van der Waals surface area (Å²) in [5.41, 5.74) is 1.22. The molecule has 5 nitrogen and oxygen atoms in total. The molecule has 0 saturated carbocycles. The Labute approximate surface area is 183 Å². The third kappa shape index (κ3) is 9.23. The second-order valence-corrected chi connectivity index (χ2v) is 7.65. The highest BCUT2D eigenvalue weighted by Gasteiger charge is 2.09. The summed E-state index contributed by atoms with van der Waals surface area (Å²) in [6, 6.07) is 14.7. The molecule has 1 amide bonds. The first-order valence-corrected chi connectivity index (χ1v) is 9.71. The van der Waals surface area contributed by atoms with E-state index in [2.05, 4.69) is 59.1 Å². The Morgan fingerprint density at radius 1 is 1.15 bits per heavy atom. The monoisotopic (exact) mass is 500 g/mol. The number of hydrogen-bond acceptors (Lipinski definition) is 3. The zero-order valence-corrected chi connectivity index (χ0v) is 19.3. The van der Waals surface area contributed by atoms with Gasteiger partial charge in [0.05, 0.1) is 6.54 Å². The van der Waals surface area contributed by atoms with Crippen LogP contribution in [0.25, 0.3) is 0 Å². The molecule has 0 aliphatic heterocycles. The number of halogens is 1. The van der Waals surface area contributed by atoms with Crippen molar-refractivity contribution in [2.75, 3.05) is 20.1 Å². The lowest BCUT2D eigenvalue weighted by Gasteiger charge is -2.17. The Bertz CT molecular complexity index is 718. The molecule has 1 atom stereocenters. The van der Waals surface area contributed by atoms with Gasteiger partial charge in [0.2, 0.25) is 5.91 Å². The van der Waals surface area contributed by atoms with Gasteiger partial charge in [-0.1, -0.05) is 30.3 Å². The SMILES string of the molecule is CN=C(NCC(=O)NCCc1ccccc1)NC(C)Cc1ccc(C)s1.I. The summed E-state index contributed by atoms with van der Waals surface area (Å²) in [5, 5.41) is 9.32. The Morgan fingerprint density at radius 2 is 1.89 bits per heavy atom. The lowest BCUT2D eigenvalue weighted by molar-refractivity contribution is -0.119. The summed E-state index contributed by atoms with van der Waals surface area (Å²) in [4.78, 5) is 18.8. The first-order valence-electron chi connectivity index (χ1n) is 8.90. The summed E-state index contributed by atoms with van der Waals surface area (Å²) < 4.78 is 0. The van der Waals surface area contributed by atoms with Crippen LogP contribution in [-0.4, -0.2) is 38.0 Å². The first-order chi connectivity index (χ1) is 12.6. The molecular formula is C20H29IN4OS. The molecule has 0 fully saturated rings. The Morgan fingerprint density at radius 3 is 2.52 bits per heavy atom. The molecule has 1 heterocycles. The second kappa shape index (κ2) is 12.7. The highest BCUT2D eigenvalue weighted by atomic mass is 127. The minimum absolute atomic E-state index is 0. The van der Waals surface area contributed by atoms with Gasteiger partial charge in [-0.15, -0.1) is 35.3 Å². The van der Waals surface area contributed by atoms with E-state index in [0.717, 1.165) is 12.8 Å². The number of aliphatic imine (C=N–C) groups is 1. The molecule has 0 saturated heterocycles. The molecule has 0 aliphatic carbocycles. The number of benzene rings is 1. The van der Waals surface area contributed by atoms with Crippen LogP contribution in [0.3, 0.4) is 0 Å². The summed E-state index contributed by atoms with van der Waals surface area (Å²) in [5.74, 6) is 0.606. The average molecular weight is 500 g/mol. The van der Waals surface area contributed by atoms with Crippen molar-refractivity contribution in [3.8, 4) is 0 Å². The summed E-state index contributed by atoms with van der Waals surface area (Å²) in [6.07, 6.45) is 1.76. The van der Waals surface area contributed by atoms with Gasteiger partial charge in [-0.25, -0.2) is 0 Å². The molecule has 27 heavy (non-hydrogen) atoms. The quantitative estimate of drug-likeness (QED) is 0.297. The molecule has 7 heteroatoms. The molecule has 0 bridgehead atoms. The highest BCUT2D eigenvalue weighted by Crippen LogP contribution is 2.16. The third-order valence-electron chi connectivity index (χ3n) is 3.91. The van der Waals surface area contributed by atoms with Gasteiger partial charge in [0.1, 0.15) is 0 Å². The highest BCUT2D eigenvalue weighted by molar-refractivity contribution is 14.0. The number of guanidine groups is 1. The summed E-state index contributed by atoms with van der Waals surface area (Å²) in [6.45, 7) is 5.06. The number of nitrogens with one attached hydrogen (secondary N) is 3. The smallest absolute Gasteiger partial charge is 0.239 e. The van der Waals surface area contributed by atoms with Crippen molar-refractivity contribution in [3.05, 3.63) is 57.8 Å². The van der Waals surface area contributed by atoms with Crippen LogP contribution in [0.4, 0.5) is 0 Å². The number of carbonyl (C=O) groups is 1. The maximum atomic E-state index is 12.0. The molecule has 0 spiro atoms. The largest absolute Gasteiger partial charge is 0.354 e. The molecule has 148 valence electrons. The van der Waals surface area contributed by atoms with Crippen LogP contribution in [0.15, 0.2) is 47.5 Å². The maximum absolute atomic E-state index is 12.0. The number of hydrogen-bond donors (Lipinski definition) is 3. The first kappa shape index (κ1) is 23.4. The topological polar surface area (TPSA) is 65.5 Å². The van der Waals surface area contributed by atoms with Crippen molar-refractivity contribution in [1.29, 1.82) is 0 Å². The van der Waals surface area contributed by atoms with E-state index in [0.29, 0.717) is 12.5 Å². The standard InChI is InChI=1S/C20H28N4OS.HI/c1-15(13-18-10-9-16(2)26-18)24-20(21-3)23-14-19(25)22-12-11-17-7-5-4-6-8-17;/h4-10,15H,11-14H2,1-3H3,(H,22,25)(H2,21,23,24);1H. The number of nitrogens with zero attached hydrogens (tertiary/aromatic N) is 1. The van der Waals surface area contributed by atoms with E-state index in [1.165, 1.54) is 15.3 Å². The zero-order valence-electron chi connectivity index (χ0n) is 16.1. The fourth-order valence-corrected chi connectivity index (χ4v) is 3.61. The predicted octanol–water partition coefficient (Wildman–Crippen LogP) is 3.13. The van der Waals surface area contributed by atoms with Gasteiger partial charge in [-0.05, 0) is 38.0 Å². The molecule has 3 N–H and O–H groups in total. The molecular weight excluding hydrogens is 471 g/mol. The molecule has 2 rings (SSSR count). The Kier molecular flexibility index (Phi) is 11.0. The fourth-order valence-electron chi connectivity index (χ4n) is 2.59. The molecule has 0 aliphatic rings. The number of rotatable bonds is 8. The van der Waals surface area contributed by atoms with Gasteiger partial charge < -0.3 is 16.0 Å². The van der Waals surface area contributed by atoms with Gasteiger partial charge in [-0.2, -0.15) is 0 Å². The lowest BCUT2D eigenvalue weighted by atomic mass is 10.1. The summed E-state index contributed by atoms with van der Waals surface area (Å²) >= 11 is 1.81. The number of carbonyl (C=O) groups excluding carboxylic acids is 1. The van der Waals surface area contributed by atoms with Gasteiger partial charge in [-0.3, -0.25) is 9.79 Å². The van der Waals surface area contributed by atoms with Crippen LogP contribution in [0.1, 0.15) is 22.2 Å². The number of aryl methyl sites for hydroxylation is 1. The van der Waals surface area contributed by atoms with Crippen LogP contribution in [0.2, 0.25) is 0 Å². The van der Waals surface area contributed by atoms with E-state index in [1.54, 1.807) is 7.05 Å². The predicted molar refractivity (Wildman–Crippen MR) is 125 cm³/mol. The van der Waals surface area contributed by atoms with Crippen molar-refractivity contribution >= 4 is 47.2 Å². The van der Waals surface area contributed by atoms with Crippen molar-refractivity contribution in [2.24, 2.45) is 4.99 Å². The average Bonchev–Trinajstić information content (AvgIpc) is 3.04. The normalized spacial score (nSPS) is 12.0. The molecule has 0 radical (unpaired) electrons. The van der Waals surface area contributed by atoms with Crippen molar-refractivity contribution in [3.63, 3.8) is 0 Å².